The number of aromatic nitrogens is 1. The van der Waals surface area contributed by atoms with Crippen LogP contribution in [0, 0.1) is 0 Å². The third-order valence-corrected chi connectivity index (χ3v) is 5.26. The van der Waals surface area contributed by atoms with Gasteiger partial charge < -0.3 is 15.7 Å². The summed E-state index contributed by atoms with van der Waals surface area (Å²) in [6.45, 7) is 4.01. The molecule has 5 nitrogen and oxygen atoms in total. The van der Waals surface area contributed by atoms with Gasteiger partial charge in [-0.1, -0.05) is 60.7 Å². The fourth-order valence-corrected chi connectivity index (χ4v) is 3.64. The molecule has 0 saturated heterocycles. The van der Waals surface area contributed by atoms with Gasteiger partial charge in [-0.15, -0.1) is 11.3 Å². The van der Waals surface area contributed by atoms with E-state index in [1.165, 1.54) is 0 Å². The average Bonchev–Trinajstić information content (AvgIpc) is 3.23. The van der Waals surface area contributed by atoms with Crippen molar-refractivity contribution < 1.29 is 5.11 Å². The minimum atomic E-state index is 0.0222. The number of hydrogen-bond donors (Lipinski definition) is 3. The minimum Gasteiger partial charge on any atom is -0.396 e. The lowest BCUT2D eigenvalue weighted by molar-refractivity contribution is 0.265. The monoisotopic (exact) mass is 394 g/mol. The molecule has 1 unspecified atom stereocenters. The first-order valence-corrected chi connectivity index (χ1v) is 10.4. The molecule has 1 heterocycles. The van der Waals surface area contributed by atoms with Crippen molar-refractivity contribution in [3.05, 3.63) is 77.3 Å². The van der Waals surface area contributed by atoms with Gasteiger partial charge in [-0.2, -0.15) is 0 Å². The minimum absolute atomic E-state index is 0.0222. The predicted octanol–water partition coefficient (Wildman–Crippen LogP) is 3.64. The summed E-state index contributed by atoms with van der Waals surface area (Å²) in [6.07, 6.45) is 0. The Morgan fingerprint density at radius 1 is 1.07 bits per heavy atom. The molecule has 0 bridgehead atoms. The molecule has 146 valence electrons. The fraction of sp³-hybridized carbons (Fsp3) is 0.273. The fourth-order valence-electron chi connectivity index (χ4n) is 2.83. The molecule has 0 aliphatic heterocycles. The molecule has 0 fully saturated rings. The molecule has 1 aromatic heterocycles. The summed E-state index contributed by atoms with van der Waals surface area (Å²) in [6, 6.07) is 20.2. The third kappa shape index (κ3) is 5.65. The molecular formula is C22H26N4OS. The average molecular weight is 395 g/mol. The zero-order valence-electron chi connectivity index (χ0n) is 16.0. The summed E-state index contributed by atoms with van der Waals surface area (Å²) in [7, 11) is 0. The largest absolute Gasteiger partial charge is 0.396 e. The molecule has 0 radical (unpaired) electrons. The predicted molar refractivity (Wildman–Crippen MR) is 117 cm³/mol. The van der Waals surface area contributed by atoms with E-state index < -0.39 is 0 Å². The second-order valence-electron chi connectivity index (χ2n) is 6.38. The molecule has 28 heavy (non-hydrogen) atoms. The van der Waals surface area contributed by atoms with Crippen molar-refractivity contribution in [1.29, 1.82) is 0 Å². The molecule has 3 rings (SSSR count). The lowest BCUT2D eigenvalue weighted by Gasteiger charge is -2.18. The Bertz CT molecular complexity index is 865. The van der Waals surface area contributed by atoms with E-state index >= 15 is 0 Å². The number of thiazole rings is 1. The number of aliphatic hydroxyl groups is 1. The van der Waals surface area contributed by atoms with Crippen molar-refractivity contribution in [1.82, 2.24) is 15.6 Å². The molecule has 3 N–H and O–H groups in total. The lowest BCUT2D eigenvalue weighted by Crippen LogP contribution is -2.39. The van der Waals surface area contributed by atoms with Crippen LogP contribution in [0.2, 0.25) is 0 Å². The van der Waals surface area contributed by atoms with Crippen molar-refractivity contribution in [3.63, 3.8) is 0 Å². The molecule has 1 atom stereocenters. The van der Waals surface area contributed by atoms with Crippen LogP contribution in [0.1, 0.15) is 24.1 Å². The molecule has 2 aromatic carbocycles. The van der Waals surface area contributed by atoms with E-state index in [2.05, 4.69) is 38.1 Å². The van der Waals surface area contributed by atoms with E-state index in [-0.39, 0.29) is 12.5 Å². The summed E-state index contributed by atoms with van der Waals surface area (Å²) in [5, 5.41) is 19.4. The highest BCUT2D eigenvalue weighted by Crippen LogP contribution is 2.23. The van der Waals surface area contributed by atoms with E-state index in [0.717, 1.165) is 34.3 Å². The number of nitrogens with one attached hydrogen (secondary N) is 2. The zero-order chi connectivity index (χ0) is 19.6. The first-order chi connectivity index (χ1) is 13.8. The number of benzene rings is 2. The van der Waals surface area contributed by atoms with Gasteiger partial charge in [-0.25, -0.2) is 9.98 Å². The van der Waals surface area contributed by atoms with Gasteiger partial charge in [0.1, 0.15) is 5.01 Å². The maximum absolute atomic E-state index is 9.73. The Labute approximate surface area is 170 Å². The molecule has 0 amide bonds. The van der Waals surface area contributed by atoms with Crippen LogP contribution in [0.5, 0.6) is 0 Å². The van der Waals surface area contributed by atoms with Gasteiger partial charge in [0.05, 0.1) is 18.8 Å². The molecule has 6 heteroatoms. The second kappa shape index (κ2) is 10.6. The number of aliphatic hydroxyl groups excluding tert-OH is 1. The van der Waals surface area contributed by atoms with Crippen LogP contribution >= 0.6 is 11.3 Å². The van der Waals surface area contributed by atoms with E-state index in [1.54, 1.807) is 11.3 Å². The van der Waals surface area contributed by atoms with Crippen LogP contribution in [-0.2, 0) is 6.54 Å². The van der Waals surface area contributed by atoms with E-state index in [4.69, 9.17) is 0 Å². The molecule has 0 aliphatic rings. The quantitative estimate of drug-likeness (QED) is 0.403. The van der Waals surface area contributed by atoms with Crippen molar-refractivity contribution in [2.24, 2.45) is 4.99 Å². The Balaban J connectivity index is 1.62. The number of aliphatic imine (C=N–C) groups is 1. The third-order valence-electron chi connectivity index (χ3n) is 4.32. The van der Waals surface area contributed by atoms with Crippen LogP contribution < -0.4 is 10.6 Å². The molecular weight excluding hydrogens is 368 g/mol. The van der Waals surface area contributed by atoms with Gasteiger partial charge in [0.2, 0.25) is 0 Å². The van der Waals surface area contributed by atoms with Crippen LogP contribution in [0.3, 0.4) is 0 Å². The summed E-state index contributed by atoms with van der Waals surface area (Å²) in [4.78, 5) is 9.34. The molecule has 0 spiro atoms. The Kier molecular flexibility index (Phi) is 7.58. The zero-order valence-corrected chi connectivity index (χ0v) is 16.8. The van der Waals surface area contributed by atoms with Gasteiger partial charge >= 0.3 is 0 Å². The molecule has 0 saturated carbocycles. The maximum Gasteiger partial charge on any atom is 0.191 e. The SMILES string of the molecule is CCNC(=NCc1csc(-c2ccccc2)n1)NCC(CO)c1ccccc1. The van der Waals surface area contributed by atoms with E-state index in [0.29, 0.717) is 13.1 Å². The van der Waals surface area contributed by atoms with Crippen LogP contribution in [0.15, 0.2) is 71.0 Å². The highest BCUT2D eigenvalue weighted by molar-refractivity contribution is 7.13. The summed E-state index contributed by atoms with van der Waals surface area (Å²) < 4.78 is 0. The maximum atomic E-state index is 9.73. The van der Waals surface area contributed by atoms with E-state index in [1.807, 2.05) is 55.5 Å². The van der Waals surface area contributed by atoms with Crippen molar-refractivity contribution in [3.8, 4) is 10.6 Å². The van der Waals surface area contributed by atoms with Crippen LogP contribution in [-0.4, -0.2) is 35.7 Å². The Morgan fingerprint density at radius 2 is 1.79 bits per heavy atom. The summed E-state index contributed by atoms with van der Waals surface area (Å²) in [5.41, 5.74) is 3.18. The highest BCUT2D eigenvalue weighted by Gasteiger charge is 2.11. The van der Waals surface area contributed by atoms with Gasteiger partial charge in [-0.05, 0) is 12.5 Å². The van der Waals surface area contributed by atoms with Crippen molar-refractivity contribution >= 4 is 17.3 Å². The summed E-state index contributed by atoms with van der Waals surface area (Å²) in [5.74, 6) is 0.750. The standard InChI is InChI=1S/C22H26N4OS/c1-2-23-22(24-13-19(15-27)17-9-5-3-6-10-17)25-14-20-16-28-21(26-20)18-11-7-4-8-12-18/h3-12,16,19,27H,2,13-15H2,1H3,(H2,23,24,25). The van der Waals surface area contributed by atoms with Crippen molar-refractivity contribution in [2.75, 3.05) is 19.7 Å². The number of rotatable bonds is 8. The summed E-state index contributed by atoms with van der Waals surface area (Å²) >= 11 is 1.63. The first kappa shape index (κ1) is 20.0. The number of guanidine groups is 1. The van der Waals surface area contributed by atoms with Gasteiger partial charge in [0.25, 0.3) is 0 Å². The second-order valence-corrected chi connectivity index (χ2v) is 7.23. The molecule has 0 aliphatic carbocycles. The normalized spacial score (nSPS) is 12.6. The van der Waals surface area contributed by atoms with E-state index in [9.17, 15) is 5.11 Å². The van der Waals surface area contributed by atoms with Crippen LogP contribution in [0.4, 0.5) is 0 Å². The Hall–Kier alpha value is -2.70. The van der Waals surface area contributed by atoms with Gasteiger partial charge in [-0.3, -0.25) is 0 Å². The smallest absolute Gasteiger partial charge is 0.191 e. The van der Waals surface area contributed by atoms with Crippen LogP contribution in [0.25, 0.3) is 10.6 Å². The van der Waals surface area contributed by atoms with Gasteiger partial charge in [0, 0.05) is 30.0 Å². The highest BCUT2D eigenvalue weighted by atomic mass is 32.1. The molecule has 3 aromatic rings. The van der Waals surface area contributed by atoms with Gasteiger partial charge in [0.15, 0.2) is 5.96 Å². The lowest BCUT2D eigenvalue weighted by atomic mass is 10.0. The van der Waals surface area contributed by atoms with Crippen molar-refractivity contribution in [2.45, 2.75) is 19.4 Å². The number of nitrogens with zero attached hydrogens (tertiary/aromatic N) is 2. The number of hydrogen-bond acceptors (Lipinski definition) is 4. The Morgan fingerprint density at radius 3 is 2.46 bits per heavy atom. The first-order valence-electron chi connectivity index (χ1n) is 9.48. The topological polar surface area (TPSA) is 69.5 Å².